The molecule has 24 heavy (non-hydrogen) atoms. The molecule has 0 atom stereocenters. The lowest BCUT2D eigenvalue weighted by Gasteiger charge is -2.13. The van der Waals surface area contributed by atoms with Crippen LogP contribution in [0.4, 0.5) is 0 Å². The highest BCUT2D eigenvalue weighted by Crippen LogP contribution is 2.36. The minimum Gasteiger partial charge on any atom is -0.256 e. The molecule has 0 saturated carbocycles. The van der Waals surface area contributed by atoms with Gasteiger partial charge in [0.25, 0.3) is 0 Å². The van der Waals surface area contributed by atoms with Gasteiger partial charge in [0.05, 0.1) is 11.1 Å². The van der Waals surface area contributed by atoms with E-state index in [2.05, 4.69) is 90.4 Å². The molecule has 0 N–H and O–H groups in total. The predicted molar refractivity (Wildman–Crippen MR) is 98.5 cm³/mol. The van der Waals surface area contributed by atoms with E-state index >= 15 is 0 Å². The summed E-state index contributed by atoms with van der Waals surface area (Å²) in [5, 5.41) is 1.19. The molecule has 2 nitrogen and oxygen atoms in total. The van der Waals surface area contributed by atoms with E-state index in [1.807, 2.05) is 12.3 Å². The van der Waals surface area contributed by atoms with Crippen LogP contribution in [0.15, 0.2) is 79.1 Å². The second-order valence-electron chi connectivity index (χ2n) is 6.07. The van der Waals surface area contributed by atoms with Crippen LogP contribution in [0.1, 0.15) is 5.56 Å². The van der Waals surface area contributed by atoms with E-state index in [0.717, 1.165) is 5.52 Å². The average Bonchev–Trinajstić information content (AvgIpc) is 2.62. The van der Waals surface area contributed by atoms with Gasteiger partial charge >= 0.3 is 0 Å². The Morgan fingerprint density at radius 1 is 0.792 bits per heavy atom. The van der Waals surface area contributed by atoms with Crippen LogP contribution in [0.25, 0.3) is 33.3 Å². The summed E-state index contributed by atoms with van der Waals surface area (Å²) in [5.41, 5.74) is 7.26. The maximum atomic E-state index is 4.50. The molecule has 4 rings (SSSR count). The SMILES string of the molecule is Cc1cccc(-c2cccc3ncccc23)c1-c1cccc[n+]1C. The van der Waals surface area contributed by atoms with Gasteiger partial charge in [0.2, 0.25) is 5.69 Å². The standard InChI is InChI=1S/C22H19N2/c1-16-8-5-10-19(22(16)21-13-3-4-15-24(21)2)17-9-6-12-20-18(17)11-7-14-23-20/h3-15H,1-2H3/q+1. The summed E-state index contributed by atoms with van der Waals surface area (Å²) in [6.45, 7) is 2.18. The second kappa shape index (κ2) is 5.89. The first-order valence-corrected chi connectivity index (χ1v) is 8.14. The fourth-order valence-corrected chi connectivity index (χ4v) is 3.35. The summed E-state index contributed by atoms with van der Waals surface area (Å²) < 4.78 is 2.18. The van der Waals surface area contributed by atoms with E-state index in [1.54, 1.807) is 0 Å². The number of rotatable bonds is 2. The van der Waals surface area contributed by atoms with Gasteiger partial charge in [-0.2, -0.15) is 0 Å². The van der Waals surface area contributed by atoms with Crippen molar-refractivity contribution in [3.05, 3.63) is 84.7 Å². The molecular formula is C22H19N2+. The number of pyridine rings is 2. The van der Waals surface area contributed by atoms with Crippen molar-refractivity contribution in [3.8, 4) is 22.4 Å². The topological polar surface area (TPSA) is 16.8 Å². The first kappa shape index (κ1) is 14.6. The monoisotopic (exact) mass is 311 g/mol. The Balaban J connectivity index is 2.07. The maximum Gasteiger partial charge on any atom is 0.213 e. The predicted octanol–water partition coefficient (Wildman–Crippen LogP) is 4.70. The van der Waals surface area contributed by atoms with Gasteiger partial charge in [-0.1, -0.05) is 36.4 Å². The van der Waals surface area contributed by atoms with Crippen molar-refractivity contribution in [2.45, 2.75) is 6.92 Å². The summed E-state index contributed by atoms with van der Waals surface area (Å²) in [7, 11) is 2.09. The zero-order chi connectivity index (χ0) is 16.5. The third-order valence-electron chi connectivity index (χ3n) is 4.52. The van der Waals surface area contributed by atoms with Gasteiger partial charge in [-0.3, -0.25) is 4.98 Å². The minimum atomic E-state index is 1.03. The highest BCUT2D eigenvalue weighted by molar-refractivity contribution is 5.98. The Morgan fingerprint density at radius 3 is 2.50 bits per heavy atom. The van der Waals surface area contributed by atoms with Crippen LogP contribution in [-0.4, -0.2) is 4.98 Å². The minimum absolute atomic E-state index is 1.03. The van der Waals surface area contributed by atoms with Crippen LogP contribution < -0.4 is 4.57 Å². The van der Waals surface area contributed by atoms with Crippen LogP contribution in [0.2, 0.25) is 0 Å². The number of aromatic nitrogens is 2. The van der Waals surface area contributed by atoms with Gasteiger partial charge in [0, 0.05) is 23.7 Å². The van der Waals surface area contributed by atoms with Gasteiger partial charge in [-0.25, -0.2) is 4.57 Å². The highest BCUT2D eigenvalue weighted by Gasteiger charge is 2.18. The fraction of sp³-hybridized carbons (Fsp3) is 0.0909. The van der Waals surface area contributed by atoms with Gasteiger partial charge in [0.15, 0.2) is 6.20 Å². The number of aryl methyl sites for hydroxylation is 2. The fourth-order valence-electron chi connectivity index (χ4n) is 3.35. The zero-order valence-corrected chi connectivity index (χ0v) is 13.9. The average molecular weight is 311 g/mol. The Morgan fingerprint density at radius 2 is 1.62 bits per heavy atom. The lowest BCUT2D eigenvalue weighted by atomic mass is 9.91. The molecule has 0 unspecified atom stereocenters. The van der Waals surface area contributed by atoms with Crippen molar-refractivity contribution in [3.63, 3.8) is 0 Å². The number of hydrogen-bond acceptors (Lipinski definition) is 1. The summed E-state index contributed by atoms with van der Waals surface area (Å²) in [6.07, 6.45) is 3.94. The lowest BCUT2D eigenvalue weighted by Crippen LogP contribution is -2.30. The molecule has 0 aliphatic rings. The van der Waals surface area contributed by atoms with E-state index in [1.165, 1.54) is 33.3 Å². The normalized spacial score (nSPS) is 10.9. The summed E-state index contributed by atoms with van der Waals surface area (Å²) in [6, 6.07) is 23.3. The molecule has 0 spiro atoms. The number of fused-ring (bicyclic) bond motifs is 1. The van der Waals surface area contributed by atoms with Gasteiger partial charge in [-0.05, 0) is 41.8 Å². The van der Waals surface area contributed by atoms with E-state index in [0.29, 0.717) is 0 Å². The molecule has 4 aromatic rings. The van der Waals surface area contributed by atoms with Crippen LogP contribution >= 0.6 is 0 Å². The van der Waals surface area contributed by atoms with Crippen molar-refractivity contribution in [2.24, 2.45) is 7.05 Å². The molecule has 2 aromatic carbocycles. The van der Waals surface area contributed by atoms with Crippen LogP contribution in [-0.2, 0) is 7.05 Å². The number of nitrogens with zero attached hydrogens (tertiary/aromatic N) is 2. The van der Waals surface area contributed by atoms with Crippen molar-refractivity contribution < 1.29 is 4.57 Å². The third-order valence-corrected chi connectivity index (χ3v) is 4.52. The van der Waals surface area contributed by atoms with Gasteiger partial charge in [-0.15, -0.1) is 0 Å². The number of hydrogen-bond donors (Lipinski definition) is 0. The molecule has 2 heterocycles. The number of benzene rings is 2. The second-order valence-corrected chi connectivity index (χ2v) is 6.07. The Kier molecular flexibility index (Phi) is 3.58. The molecular weight excluding hydrogens is 292 g/mol. The quantitative estimate of drug-likeness (QED) is 0.490. The zero-order valence-electron chi connectivity index (χ0n) is 13.9. The Bertz CT molecular complexity index is 1030. The molecule has 0 saturated heterocycles. The van der Waals surface area contributed by atoms with Crippen LogP contribution in [0.3, 0.4) is 0 Å². The van der Waals surface area contributed by atoms with Crippen molar-refractivity contribution in [1.29, 1.82) is 0 Å². The molecule has 0 bridgehead atoms. The van der Waals surface area contributed by atoms with Crippen molar-refractivity contribution in [1.82, 2.24) is 4.98 Å². The third kappa shape index (κ3) is 2.37. The van der Waals surface area contributed by atoms with Gasteiger partial charge in [0.1, 0.15) is 7.05 Å². The molecule has 0 radical (unpaired) electrons. The van der Waals surface area contributed by atoms with E-state index < -0.39 is 0 Å². The molecule has 116 valence electrons. The Hall–Kier alpha value is -3.00. The lowest BCUT2D eigenvalue weighted by molar-refractivity contribution is -0.660. The first-order valence-electron chi connectivity index (χ1n) is 8.14. The van der Waals surface area contributed by atoms with Crippen molar-refractivity contribution >= 4 is 10.9 Å². The van der Waals surface area contributed by atoms with Crippen molar-refractivity contribution in [2.75, 3.05) is 0 Å². The summed E-state index contributed by atoms with van der Waals surface area (Å²) >= 11 is 0. The summed E-state index contributed by atoms with van der Waals surface area (Å²) in [4.78, 5) is 4.50. The molecule has 0 aliphatic carbocycles. The molecule has 0 aliphatic heterocycles. The molecule has 2 aromatic heterocycles. The van der Waals surface area contributed by atoms with E-state index in [4.69, 9.17) is 0 Å². The highest BCUT2D eigenvalue weighted by atomic mass is 14.9. The molecule has 0 fully saturated rings. The van der Waals surface area contributed by atoms with E-state index in [-0.39, 0.29) is 0 Å². The molecule has 0 amide bonds. The maximum absolute atomic E-state index is 4.50. The Labute approximate surface area is 142 Å². The molecule has 2 heteroatoms. The summed E-state index contributed by atoms with van der Waals surface area (Å²) in [5.74, 6) is 0. The largest absolute Gasteiger partial charge is 0.256 e. The smallest absolute Gasteiger partial charge is 0.213 e. The van der Waals surface area contributed by atoms with Crippen LogP contribution in [0.5, 0.6) is 0 Å². The first-order chi connectivity index (χ1) is 11.8. The van der Waals surface area contributed by atoms with Crippen LogP contribution in [0, 0.1) is 6.92 Å². The van der Waals surface area contributed by atoms with Gasteiger partial charge < -0.3 is 0 Å². The van der Waals surface area contributed by atoms with E-state index in [9.17, 15) is 0 Å².